The minimum Gasteiger partial charge on any atom is -0.397 e. The Morgan fingerprint density at radius 3 is 2.54 bits per heavy atom. The molecule has 1 heterocycles. The van der Waals surface area contributed by atoms with Crippen LogP contribution in [0.2, 0.25) is 0 Å². The molecule has 3 aromatic rings. The fourth-order valence-electron chi connectivity index (χ4n) is 3.03. The van der Waals surface area contributed by atoms with Crippen molar-refractivity contribution in [3.63, 3.8) is 0 Å². The van der Waals surface area contributed by atoms with Crippen LogP contribution in [0.25, 0.3) is 10.4 Å². The van der Waals surface area contributed by atoms with Gasteiger partial charge in [0.2, 0.25) is 0 Å². The molecule has 1 amide bonds. The minimum absolute atomic E-state index is 0.0592. The third-order valence-corrected chi connectivity index (χ3v) is 6.61. The summed E-state index contributed by atoms with van der Waals surface area (Å²) in [6.45, 7) is 3.26. The highest BCUT2D eigenvalue weighted by molar-refractivity contribution is 7.57. The fraction of sp³-hybridized carbons (Fsp3) is 0.190. The summed E-state index contributed by atoms with van der Waals surface area (Å²) in [7, 11) is -3.09. The molecule has 0 bridgehead atoms. The Morgan fingerprint density at radius 1 is 1.21 bits per heavy atom. The molecule has 1 aromatic heterocycles. The Bertz CT molecular complexity index is 1010. The SMILES string of the molecule is CC(CP(C)(=O)O)c1ccc(C(=O)Nc2cc(-c3cccs3)ccc2N)cc1. The lowest BCUT2D eigenvalue weighted by atomic mass is 10.0. The predicted octanol–water partition coefficient (Wildman–Crippen LogP) is 5.25. The molecule has 0 saturated carbocycles. The maximum atomic E-state index is 12.6. The van der Waals surface area contributed by atoms with Crippen LogP contribution >= 0.6 is 18.7 Å². The zero-order valence-corrected chi connectivity index (χ0v) is 17.5. The van der Waals surface area contributed by atoms with Crippen molar-refractivity contribution in [2.75, 3.05) is 23.9 Å². The van der Waals surface area contributed by atoms with E-state index in [1.54, 1.807) is 29.5 Å². The second-order valence-electron chi connectivity index (χ2n) is 6.99. The first-order valence-corrected chi connectivity index (χ1v) is 12.0. The van der Waals surface area contributed by atoms with Crippen LogP contribution in [0.5, 0.6) is 0 Å². The molecule has 0 saturated heterocycles. The third kappa shape index (κ3) is 5.10. The second kappa shape index (κ2) is 8.31. The molecule has 5 nitrogen and oxygen atoms in total. The number of nitrogens with one attached hydrogen (secondary N) is 1. The van der Waals surface area contributed by atoms with E-state index in [2.05, 4.69) is 5.32 Å². The van der Waals surface area contributed by atoms with Crippen LogP contribution in [0.1, 0.15) is 28.8 Å². The van der Waals surface area contributed by atoms with Gasteiger partial charge in [-0.2, -0.15) is 0 Å². The van der Waals surface area contributed by atoms with Crippen LogP contribution in [-0.4, -0.2) is 23.6 Å². The van der Waals surface area contributed by atoms with Crippen molar-refractivity contribution in [3.05, 3.63) is 71.1 Å². The largest absolute Gasteiger partial charge is 0.397 e. The van der Waals surface area contributed by atoms with Crippen molar-refractivity contribution in [2.24, 2.45) is 0 Å². The van der Waals surface area contributed by atoms with Crippen LogP contribution < -0.4 is 11.1 Å². The van der Waals surface area contributed by atoms with Gasteiger partial charge in [0.1, 0.15) is 0 Å². The molecule has 4 N–H and O–H groups in total. The molecule has 2 aromatic carbocycles. The van der Waals surface area contributed by atoms with E-state index in [0.29, 0.717) is 16.9 Å². The van der Waals surface area contributed by atoms with Crippen LogP contribution in [0.4, 0.5) is 11.4 Å². The van der Waals surface area contributed by atoms with Crippen molar-refractivity contribution in [1.29, 1.82) is 0 Å². The molecule has 146 valence electrons. The smallest absolute Gasteiger partial charge is 0.255 e. The summed E-state index contributed by atoms with van der Waals surface area (Å²) in [4.78, 5) is 23.3. The predicted molar refractivity (Wildman–Crippen MR) is 118 cm³/mol. The summed E-state index contributed by atoms with van der Waals surface area (Å²) in [6.07, 6.45) is 0.213. The molecular weight excluding hydrogens is 391 g/mol. The maximum absolute atomic E-state index is 12.6. The molecule has 0 aliphatic heterocycles. The molecule has 2 atom stereocenters. The summed E-state index contributed by atoms with van der Waals surface area (Å²) in [5.41, 5.74) is 9.52. The van der Waals surface area contributed by atoms with Gasteiger partial charge >= 0.3 is 0 Å². The number of thiophene rings is 1. The van der Waals surface area contributed by atoms with Gasteiger partial charge in [0.25, 0.3) is 5.91 Å². The van der Waals surface area contributed by atoms with Crippen molar-refractivity contribution in [1.82, 2.24) is 0 Å². The summed E-state index contributed by atoms with van der Waals surface area (Å²) >= 11 is 1.62. The van der Waals surface area contributed by atoms with Gasteiger partial charge in [-0.25, -0.2) is 0 Å². The summed E-state index contributed by atoms with van der Waals surface area (Å²) in [5.74, 6) is -0.311. The van der Waals surface area contributed by atoms with Gasteiger partial charge < -0.3 is 15.9 Å². The lowest BCUT2D eigenvalue weighted by Gasteiger charge is -2.15. The van der Waals surface area contributed by atoms with E-state index in [1.165, 1.54) is 6.66 Å². The summed E-state index contributed by atoms with van der Waals surface area (Å²) in [6, 6.07) is 16.7. The van der Waals surface area contributed by atoms with Crippen LogP contribution in [0.3, 0.4) is 0 Å². The van der Waals surface area contributed by atoms with Gasteiger partial charge in [-0.1, -0.05) is 31.2 Å². The van der Waals surface area contributed by atoms with Crippen molar-refractivity contribution in [3.8, 4) is 10.4 Å². The zero-order valence-electron chi connectivity index (χ0n) is 15.8. The number of anilines is 2. The van der Waals surface area contributed by atoms with Gasteiger partial charge in [-0.15, -0.1) is 11.3 Å². The lowest BCUT2D eigenvalue weighted by molar-refractivity contribution is 0.102. The molecule has 0 spiro atoms. The minimum atomic E-state index is -3.09. The number of carbonyl (C=O) groups is 1. The van der Waals surface area contributed by atoms with Gasteiger partial charge in [-0.05, 0) is 52.8 Å². The van der Waals surface area contributed by atoms with E-state index < -0.39 is 7.37 Å². The fourth-order valence-corrected chi connectivity index (χ4v) is 4.98. The monoisotopic (exact) mass is 414 g/mol. The first-order valence-electron chi connectivity index (χ1n) is 8.87. The Balaban J connectivity index is 1.75. The second-order valence-corrected chi connectivity index (χ2v) is 10.4. The summed E-state index contributed by atoms with van der Waals surface area (Å²) in [5, 5.41) is 4.87. The normalized spacial score (nSPS) is 14.2. The van der Waals surface area contributed by atoms with Crippen LogP contribution in [0, 0.1) is 0 Å². The van der Waals surface area contributed by atoms with Crippen LogP contribution in [0.15, 0.2) is 60.0 Å². The number of nitrogen functional groups attached to an aromatic ring is 1. The molecule has 0 radical (unpaired) electrons. The van der Waals surface area contributed by atoms with Crippen molar-refractivity contribution in [2.45, 2.75) is 12.8 Å². The molecule has 3 rings (SSSR count). The van der Waals surface area contributed by atoms with E-state index in [4.69, 9.17) is 5.73 Å². The Morgan fingerprint density at radius 2 is 1.93 bits per heavy atom. The number of rotatable bonds is 6. The van der Waals surface area contributed by atoms with Gasteiger partial charge in [-0.3, -0.25) is 9.36 Å². The first kappa shape index (κ1) is 20.3. The molecule has 0 aliphatic rings. The first-order chi connectivity index (χ1) is 13.2. The Hall–Kier alpha value is -2.40. The molecule has 0 aliphatic carbocycles. The lowest BCUT2D eigenvalue weighted by Crippen LogP contribution is -2.13. The number of nitrogens with two attached hydrogens (primary N) is 1. The zero-order chi connectivity index (χ0) is 20.3. The van der Waals surface area contributed by atoms with Crippen molar-refractivity contribution < 1.29 is 14.3 Å². The molecular formula is C21H23N2O3PS. The van der Waals surface area contributed by atoms with E-state index in [1.807, 2.05) is 48.7 Å². The highest BCUT2D eigenvalue weighted by Gasteiger charge is 2.17. The molecule has 28 heavy (non-hydrogen) atoms. The molecule has 2 unspecified atom stereocenters. The third-order valence-electron chi connectivity index (χ3n) is 4.46. The molecule has 7 heteroatoms. The van der Waals surface area contributed by atoms with Crippen LogP contribution in [-0.2, 0) is 4.57 Å². The van der Waals surface area contributed by atoms with Gasteiger partial charge in [0, 0.05) is 23.3 Å². The highest BCUT2D eigenvalue weighted by atomic mass is 32.1. The number of hydrogen-bond acceptors (Lipinski definition) is 4. The topological polar surface area (TPSA) is 92.4 Å². The van der Waals surface area contributed by atoms with E-state index in [9.17, 15) is 14.3 Å². The van der Waals surface area contributed by atoms with E-state index in [0.717, 1.165) is 16.0 Å². The maximum Gasteiger partial charge on any atom is 0.255 e. The number of benzene rings is 2. The van der Waals surface area contributed by atoms with Gasteiger partial charge in [0.15, 0.2) is 7.37 Å². The summed E-state index contributed by atoms with van der Waals surface area (Å²) < 4.78 is 11.6. The standard InChI is InChI=1S/C21H23N2O3PS/c1-14(13-27(2,25)26)15-5-7-16(8-6-15)21(24)23-19-12-17(9-10-18(19)22)20-4-3-11-28-20/h3-12,14H,13,22H2,1-2H3,(H,23,24)(H,25,26). The number of amides is 1. The van der Waals surface area contributed by atoms with Gasteiger partial charge in [0.05, 0.1) is 11.4 Å². The van der Waals surface area contributed by atoms with E-state index >= 15 is 0 Å². The highest BCUT2D eigenvalue weighted by Crippen LogP contribution is 2.40. The number of carbonyl (C=O) groups excluding carboxylic acids is 1. The Labute approximate surface area is 168 Å². The van der Waals surface area contributed by atoms with Crippen molar-refractivity contribution >= 4 is 36.0 Å². The average Bonchev–Trinajstić information content (AvgIpc) is 3.17. The number of hydrogen-bond donors (Lipinski definition) is 3. The van der Waals surface area contributed by atoms with E-state index in [-0.39, 0.29) is 18.0 Å². The quantitative estimate of drug-likeness (QED) is 0.379. The Kier molecular flexibility index (Phi) is 6.04. The molecule has 0 fully saturated rings. The average molecular weight is 414 g/mol.